The Labute approximate surface area is 177 Å². The maximum Gasteiger partial charge on any atom is 0.277 e. The number of nitrogens with one attached hydrogen (secondary N) is 1. The summed E-state index contributed by atoms with van der Waals surface area (Å²) in [6, 6.07) is 16.0. The number of hydrogen-bond acceptors (Lipinski definition) is 7. The molecule has 0 spiro atoms. The lowest BCUT2D eigenvalue weighted by molar-refractivity contribution is 0.584. The molecule has 1 heterocycles. The van der Waals surface area contributed by atoms with Crippen LogP contribution in [0.2, 0.25) is 0 Å². The molecule has 0 aliphatic carbocycles. The van der Waals surface area contributed by atoms with E-state index in [-0.39, 0.29) is 26.2 Å². The van der Waals surface area contributed by atoms with E-state index in [1.807, 2.05) is 0 Å². The third kappa shape index (κ3) is 4.04. The van der Waals surface area contributed by atoms with E-state index in [0.717, 1.165) is 11.3 Å². The normalized spacial score (nSPS) is 11.9. The van der Waals surface area contributed by atoms with E-state index in [4.69, 9.17) is 11.1 Å². The van der Waals surface area contributed by atoms with Gasteiger partial charge in [-0.25, -0.2) is 16.8 Å². The summed E-state index contributed by atoms with van der Waals surface area (Å²) in [7, 11) is -8.96. The van der Waals surface area contributed by atoms with Crippen LogP contribution in [0.4, 0.5) is 5.69 Å². The Morgan fingerprint density at radius 1 is 0.931 bits per heavy atom. The Balaban J connectivity index is 2.34. The number of thiophene rings is 1. The van der Waals surface area contributed by atoms with Crippen molar-refractivity contribution in [1.29, 1.82) is 5.41 Å². The largest absolute Gasteiger partial charge is 0.383 e. The lowest BCUT2D eigenvalue weighted by Gasteiger charge is -2.24. The molecule has 0 fully saturated rings. The summed E-state index contributed by atoms with van der Waals surface area (Å²) in [6.07, 6.45) is 1.70. The van der Waals surface area contributed by atoms with E-state index in [2.05, 4.69) is 0 Å². The molecule has 0 saturated carbocycles. The molecule has 3 rings (SSSR count). The molecule has 2 aromatic carbocycles. The summed E-state index contributed by atoms with van der Waals surface area (Å²) in [4.78, 5) is -0.0508. The van der Waals surface area contributed by atoms with Crippen molar-refractivity contribution >= 4 is 54.7 Å². The average molecular weight is 468 g/mol. The maximum absolute atomic E-state index is 13.5. The number of hydrogen-bond donors (Lipinski definition) is 2. The Morgan fingerprint density at radius 3 is 1.76 bits per heavy atom. The molecule has 0 saturated heterocycles. The molecular formula is C18H17N3O4S4. The first-order valence-corrected chi connectivity index (χ1v) is 13.0. The summed E-state index contributed by atoms with van der Waals surface area (Å²) in [5.74, 6) is -0.272. The number of benzene rings is 2. The lowest BCUT2D eigenvalue weighted by Crippen LogP contribution is -2.37. The molecule has 0 radical (unpaired) electrons. The zero-order chi connectivity index (χ0) is 21.2. The molecule has 0 bridgehead atoms. The van der Waals surface area contributed by atoms with Gasteiger partial charge in [-0.3, -0.25) is 5.41 Å². The second kappa shape index (κ2) is 8.19. The molecule has 0 atom stereocenters. The quantitative estimate of drug-likeness (QED) is 0.312. The number of sulfonamides is 2. The zero-order valence-electron chi connectivity index (χ0n) is 15.1. The minimum Gasteiger partial charge on any atom is -0.383 e. The van der Waals surface area contributed by atoms with Crippen molar-refractivity contribution in [2.75, 3.05) is 9.97 Å². The molecule has 0 unspecified atom stereocenters. The highest BCUT2D eigenvalue weighted by Gasteiger charge is 2.39. The van der Waals surface area contributed by atoms with Gasteiger partial charge in [-0.05, 0) is 36.6 Å². The number of amidine groups is 1. The average Bonchev–Trinajstić information content (AvgIpc) is 3.13. The fourth-order valence-corrected chi connectivity index (χ4v) is 8.20. The van der Waals surface area contributed by atoms with Gasteiger partial charge in [0, 0.05) is 0 Å². The van der Waals surface area contributed by atoms with E-state index in [0.29, 0.717) is 7.92 Å². The Bertz CT molecular complexity index is 1170. The van der Waals surface area contributed by atoms with Crippen molar-refractivity contribution in [2.24, 2.45) is 5.73 Å². The predicted molar refractivity (Wildman–Crippen MR) is 117 cm³/mol. The first kappa shape index (κ1) is 21.4. The Morgan fingerprint density at radius 2 is 1.38 bits per heavy atom. The molecular weight excluding hydrogens is 450 g/mol. The van der Waals surface area contributed by atoms with Gasteiger partial charge < -0.3 is 5.73 Å². The van der Waals surface area contributed by atoms with Gasteiger partial charge in [0.25, 0.3) is 20.0 Å². The molecule has 7 nitrogen and oxygen atoms in total. The highest BCUT2D eigenvalue weighted by Crippen LogP contribution is 2.42. The van der Waals surface area contributed by atoms with Gasteiger partial charge in [-0.2, -0.15) is 3.71 Å². The summed E-state index contributed by atoms with van der Waals surface area (Å²) >= 11 is 2.24. The SMILES string of the molecule is CSc1sc(C(=N)N)cc1N(S(=O)(=O)c1ccccc1)S(=O)(=O)c1ccccc1. The second-order valence-electron chi connectivity index (χ2n) is 5.73. The van der Waals surface area contributed by atoms with Crippen LogP contribution < -0.4 is 9.44 Å². The van der Waals surface area contributed by atoms with Crippen LogP contribution in [0.15, 0.2) is 80.7 Å². The molecule has 0 aliphatic rings. The molecule has 0 amide bonds. The maximum atomic E-state index is 13.5. The lowest BCUT2D eigenvalue weighted by atomic mass is 10.4. The van der Waals surface area contributed by atoms with E-state index in [1.54, 1.807) is 18.4 Å². The minimum absolute atomic E-state index is 0.0552. The number of nitrogen functional groups attached to an aromatic ring is 1. The summed E-state index contributed by atoms with van der Waals surface area (Å²) < 4.78 is 54.7. The highest BCUT2D eigenvalue weighted by molar-refractivity contribution is 8.10. The number of anilines is 1. The van der Waals surface area contributed by atoms with Gasteiger partial charge in [0.05, 0.1) is 24.6 Å². The third-order valence-corrected chi connectivity index (χ3v) is 10.3. The van der Waals surface area contributed by atoms with Gasteiger partial charge in [-0.1, -0.05) is 36.4 Å². The van der Waals surface area contributed by atoms with Crippen molar-refractivity contribution in [2.45, 2.75) is 14.0 Å². The van der Waals surface area contributed by atoms with Gasteiger partial charge in [0.1, 0.15) is 5.84 Å². The molecule has 0 aliphatic heterocycles. The first-order valence-electron chi connectivity index (χ1n) is 8.12. The van der Waals surface area contributed by atoms with Crippen LogP contribution in [0, 0.1) is 5.41 Å². The molecule has 11 heteroatoms. The molecule has 3 N–H and O–H groups in total. The smallest absolute Gasteiger partial charge is 0.277 e. The van der Waals surface area contributed by atoms with Crippen molar-refractivity contribution in [1.82, 2.24) is 0 Å². The fourth-order valence-electron chi connectivity index (χ4n) is 2.54. The van der Waals surface area contributed by atoms with Crippen molar-refractivity contribution in [3.8, 4) is 0 Å². The van der Waals surface area contributed by atoms with Crippen molar-refractivity contribution in [3.05, 3.63) is 71.6 Å². The van der Waals surface area contributed by atoms with Crippen molar-refractivity contribution in [3.63, 3.8) is 0 Å². The number of rotatable bonds is 7. The molecule has 29 heavy (non-hydrogen) atoms. The van der Waals surface area contributed by atoms with Crippen LogP contribution in [0.25, 0.3) is 0 Å². The zero-order valence-corrected chi connectivity index (χ0v) is 18.4. The Kier molecular flexibility index (Phi) is 6.03. The second-order valence-corrected chi connectivity index (χ2v) is 11.7. The van der Waals surface area contributed by atoms with Gasteiger partial charge >= 0.3 is 0 Å². The summed E-state index contributed by atoms with van der Waals surface area (Å²) in [6.45, 7) is 0. The number of nitrogens with zero attached hydrogens (tertiary/aromatic N) is 1. The van der Waals surface area contributed by atoms with Crippen LogP contribution in [0.5, 0.6) is 0 Å². The molecule has 152 valence electrons. The van der Waals surface area contributed by atoms with Crippen LogP contribution in [0.1, 0.15) is 4.88 Å². The highest BCUT2D eigenvalue weighted by atomic mass is 32.3. The fraction of sp³-hybridized carbons (Fsp3) is 0.0556. The Hall–Kier alpha value is -2.34. The van der Waals surface area contributed by atoms with E-state index in [1.165, 1.54) is 66.4 Å². The van der Waals surface area contributed by atoms with Gasteiger partial charge in [-0.15, -0.1) is 23.1 Å². The van der Waals surface area contributed by atoms with Crippen LogP contribution in [-0.2, 0) is 20.0 Å². The van der Waals surface area contributed by atoms with Crippen LogP contribution in [-0.4, -0.2) is 28.9 Å². The summed E-state index contributed by atoms with van der Waals surface area (Å²) in [5, 5.41) is 7.66. The minimum atomic E-state index is -4.48. The standard InChI is InChI=1S/C18H17N3O4S4/c1-26-18-15(12-16(27-18)17(19)20)21(28(22,23)13-8-4-2-5-9-13)29(24,25)14-10-6-3-7-11-14/h2-12H,1H3,(H3,19,20). The molecule has 3 aromatic rings. The third-order valence-electron chi connectivity index (χ3n) is 3.85. The molecule has 1 aromatic heterocycles. The van der Waals surface area contributed by atoms with Crippen LogP contribution in [0.3, 0.4) is 0 Å². The first-order chi connectivity index (χ1) is 13.7. The number of thioether (sulfide) groups is 1. The van der Waals surface area contributed by atoms with Gasteiger partial charge in [0.2, 0.25) is 0 Å². The van der Waals surface area contributed by atoms with Gasteiger partial charge in [0.15, 0.2) is 0 Å². The van der Waals surface area contributed by atoms with E-state index < -0.39 is 20.0 Å². The monoisotopic (exact) mass is 467 g/mol. The topological polar surface area (TPSA) is 121 Å². The van der Waals surface area contributed by atoms with E-state index >= 15 is 0 Å². The van der Waals surface area contributed by atoms with Crippen LogP contribution >= 0.6 is 23.1 Å². The summed E-state index contributed by atoms with van der Waals surface area (Å²) in [5.41, 5.74) is 5.50. The van der Waals surface area contributed by atoms with E-state index in [9.17, 15) is 16.8 Å². The van der Waals surface area contributed by atoms with Crippen molar-refractivity contribution < 1.29 is 16.8 Å². The predicted octanol–water partition coefficient (Wildman–Crippen LogP) is 3.34. The number of nitrogens with two attached hydrogens (primary N) is 1.